The van der Waals surface area contributed by atoms with Crippen molar-refractivity contribution in [3.8, 4) is 11.8 Å². The Bertz CT molecular complexity index is 449. The zero-order valence-corrected chi connectivity index (χ0v) is 9.23. The molecule has 84 valence electrons. The van der Waals surface area contributed by atoms with Gasteiger partial charge < -0.3 is 11.1 Å². The molecule has 3 N–H and O–H groups in total. The Balaban J connectivity index is 2.87. The van der Waals surface area contributed by atoms with Crippen LogP contribution in [0.1, 0.15) is 22.8 Å². The van der Waals surface area contributed by atoms with E-state index in [-0.39, 0.29) is 23.7 Å². The van der Waals surface area contributed by atoms with Gasteiger partial charge >= 0.3 is 0 Å². The fourth-order valence-corrected chi connectivity index (χ4v) is 1.15. The third-order valence-corrected chi connectivity index (χ3v) is 2.16. The minimum Gasteiger partial charge on any atom is -0.398 e. The first-order valence-electron chi connectivity index (χ1n) is 4.79. The number of hydrogen-bond donors (Lipinski definition) is 2. The summed E-state index contributed by atoms with van der Waals surface area (Å²) in [5.74, 6) is 4.46. The lowest BCUT2D eigenvalue weighted by atomic mass is 10.1. The van der Waals surface area contributed by atoms with E-state index in [0.717, 1.165) is 0 Å². The molecule has 0 aliphatic rings. The summed E-state index contributed by atoms with van der Waals surface area (Å²) >= 11 is 0. The minimum atomic E-state index is -0.480. The van der Waals surface area contributed by atoms with Gasteiger partial charge in [0, 0.05) is 16.8 Å². The molecule has 16 heavy (non-hydrogen) atoms. The number of rotatable bonds is 2. The number of halogens is 1. The van der Waals surface area contributed by atoms with E-state index in [9.17, 15) is 9.18 Å². The van der Waals surface area contributed by atoms with Crippen LogP contribution in [-0.2, 0) is 0 Å². The minimum absolute atomic E-state index is 0.207. The molecule has 1 rings (SSSR count). The van der Waals surface area contributed by atoms with Gasteiger partial charge in [-0.1, -0.05) is 5.92 Å². The van der Waals surface area contributed by atoms with Crippen molar-refractivity contribution in [2.75, 3.05) is 12.3 Å². The first-order valence-corrected chi connectivity index (χ1v) is 4.79. The number of benzene rings is 1. The maximum atomic E-state index is 13.3. The highest BCUT2D eigenvalue weighted by atomic mass is 19.1. The van der Waals surface area contributed by atoms with Gasteiger partial charge in [-0.25, -0.2) is 4.39 Å². The summed E-state index contributed by atoms with van der Waals surface area (Å²) in [5.41, 5.74) is 6.39. The maximum absolute atomic E-state index is 13.3. The number of amides is 1. The van der Waals surface area contributed by atoms with E-state index in [1.807, 2.05) is 0 Å². The molecule has 0 aliphatic carbocycles. The van der Waals surface area contributed by atoms with Crippen LogP contribution in [-0.4, -0.2) is 12.5 Å². The highest BCUT2D eigenvalue weighted by Gasteiger charge is 2.10. The average Bonchev–Trinajstić information content (AvgIpc) is 2.25. The van der Waals surface area contributed by atoms with Crippen LogP contribution in [0, 0.1) is 24.6 Å². The molecule has 0 spiro atoms. The highest BCUT2D eigenvalue weighted by Crippen LogP contribution is 2.17. The van der Waals surface area contributed by atoms with Crippen LogP contribution in [0.25, 0.3) is 0 Å². The van der Waals surface area contributed by atoms with Gasteiger partial charge in [0.15, 0.2) is 0 Å². The standard InChI is InChI=1S/C12H13FN2O/c1-3-4-5-15-12(16)9-6-10(13)8(2)11(14)7-9/h6-7H,5,14H2,1-2H3,(H,15,16). The van der Waals surface area contributed by atoms with Crippen LogP contribution >= 0.6 is 0 Å². The fourth-order valence-electron chi connectivity index (χ4n) is 1.15. The molecule has 1 amide bonds. The van der Waals surface area contributed by atoms with Crippen molar-refractivity contribution in [1.29, 1.82) is 0 Å². The lowest BCUT2D eigenvalue weighted by Crippen LogP contribution is -2.24. The predicted molar refractivity (Wildman–Crippen MR) is 61.3 cm³/mol. The second-order valence-electron chi connectivity index (χ2n) is 3.28. The van der Waals surface area contributed by atoms with Crippen molar-refractivity contribution < 1.29 is 9.18 Å². The third-order valence-electron chi connectivity index (χ3n) is 2.16. The van der Waals surface area contributed by atoms with Crippen molar-refractivity contribution >= 4 is 11.6 Å². The number of hydrogen-bond acceptors (Lipinski definition) is 2. The van der Waals surface area contributed by atoms with Crippen molar-refractivity contribution in [3.63, 3.8) is 0 Å². The zero-order valence-electron chi connectivity index (χ0n) is 9.23. The van der Waals surface area contributed by atoms with Gasteiger partial charge in [-0.3, -0.25) is 4.79 Å². The van der Waals surface area contributed by atoms with Crippen LogP contribution in [0.3, 0.4) is 0 Å². The monoisotopic (exact) mass is 220 g/mol. The Kier molecular flexibility index (Phi) is 3.90. The molecule has 0 aromatic heterocycles. The molecule has 0 bridgehead atoms. The Labute approximate surface area is 93.8 Å². The molecule has 0 aliphatic heterocycles. The van der Waals surface area contributed by atoms with Gasteiger partial charge in [0.25, 0.3) is 5.91 Å². The van der Waals surface area contributed by atoms with Gasteiger partial charge in [-0.15, -0.1) is 5.92 Å². The molecule has 0 unspecified atom stereocenters. The second-order valence-corrected chi connectivity index (χ2v) is 3.28. The number of carbonyl (C=O) groups excluding carboxylic acids is 1. The van der Waals surface area contributed by atoms with E-state index in [1.165, 1.54) is 12.1 Å². The molecule has 0 fully saturated rings. The van der Waals surface area contributed by atoms with Gasteiger partial charge in [0.2, 0.25) is 0 Å². The molecule has 0 radical (unpaired) electrons. The van der Waals surface area contributed by atoms with E-state index >= 15 is 0 Å². The molecular weight excluding hydrogens is 207 g/mol. The van der Waals surface area contributed by atoms with Crippen molar-refractivity contribution in [2.45, 2.75) is 13.8 Å². The number of nitrogen functional groups attached to an aromatic ring is 1. The van der Waals surface area contributed by atoms with E-state index in [1.54, 1.807) is 13.8 Å². The number of nitrogens with two attached hydrogens (primary N) is 1. The largest absolute Gasteiger partial charge is 0.398 e. The van der Waals surface area contributed by atoms with Gasteiger partial charge in [0.05, 0.1) is 6.54 Å². The number of nitrogens with one attached hydrogen (secondary N) is 1. The fraction of sp³-hybridized carbons (Fsp3) is 0.250. The Morgan fingerprint density at radius 2 is 2.25 bits per heavy atom. The zero-order chi connectivity index (χ0) is 12.1. The Morgan fingerprint density at radius 1 is 1.56 bits per heavy atom. The van der Waals surface area contributed by atoms with E-state index in [0.29, 0.717) is 5.56 Å². The molecule has 1 aromatic rings. The first kappa shape index (κ1) is 12.1. The first-order chi connectivity index (χ1) is 7.56. The predicted octanol–water partition coefficient (Wildman–Crippen LogP) is 1.47. The van der Waals surface area contributed by atoms with E-state index in [4.69, 9.17) is 5.73 Å². The molecule has 0 saturated heterocycles. The van der Waals surface area contributed by atoms with E-state index in [2.05, 4.69) is 17.2 Å². The maximum Gasteiger partial charge on any atom is 0.252 e. The molecule has 0 saturated carbocycles. The topological polar surface area (TPSA) is 55.1 Å². The molecule has 4 heteroatoms. The summed E-state index contributed by atoms with van der Waals surface area (Å²) in [4.78, 5) is 11.5. The van der Waals surface area contributed by atoms with Gasteiger partial charge in [-0.05, 0) is 26.0 Å². The Hall–Kier alpha value is -2.02. The van der Waals surface area contributed by atoms with Crippen molar-refractivity contribution in [2.24, 2.45) is 0 Å². The molecule has 0 atom stereocenters. The van der Waals surface area contributed by atoms with Crippen LogP contribution in [0.15, 0.2) is 12.1 Å². The summed E-state index contributed by atoms with van der Waals surface area (Å²) in [5, 5.41) is 2.54. The smallest absolute Gasteiger partial charge is 0.252 e. The van der Waals surface area contributed by atoms with E-state index < -0.39 is 5.82 Å². The third kappa shape index (κ3) is 2.74. The van der Waals surface area contributed by atoms with Crippen LogP contribution < -0.4 is 11.1 Å². The summed E-state index contributed by atoms with van der Waals surface area (Å²) < 4.78 is 13.3. The normalized spacial score (nSPS) is 9.19. The SMILES string of the molecule is CC#CCNC(=O)c1cc(N)c(C)c(F)c1. The number of carbonyl (C=O) groups is 1. The van der Waals surface area contributed by atoms with Crippen LogP contribution in [0.5, 0.6) is 0 Å². The Morgan fingerprint density at radius 3 is 2.81 bits per heavy atom. The lowest BCUT2D eigenvalue weighted by Gasteiger charge is -2.06. The summed E-state index contributed by atoms with van der Waals surface area (Å²) in [6.07, 6.45) is 0. The number of anilines is 1. The summed E-state index contributed by atoms with van der Waals surface area (Å²) in [7, 11) is 0. The van der Waals surface area contributed by atoms with Crippen LogP contribution in [0.2, 0.25) is 0 Å². The van der Waals surface area contributed by atoms with Crippen LogP contribution in [0.4, 0.5) is 10.1 Å². The quantitative estimate of drug-likeness (QED) is 0.585. The molecule has 1 aromatic carbocycles. The average molecular weight is 220 g/mol. The second kappa shape index (κ2) is 5.17. The van der Waals surface area contributed by atoms with Crippen molar-refractivity contribution in [3.05, 3.63) is 29.1 Å². The summed E-state index contributed by atoms with van der Waals surface area (Å²) in [6.45, 7) is 3.48. The molecular formula is C12H13FN2O. The van der Waals surface area contributed by atoms with Crippen molar-refractivity contribution in [1.82, 2.24) is 5.32 Å². The molecule has 3 nitrogen and oxygen atoms in total. The summed E-state index contributed by atoms with van der Waals surface area (Å²) in [6, 6.07) is 2.62. The lowest BCUT2D eigenvalue weighted by molar-refractivity contribution is 0.0958. The van der Waals surface area contributed by atoms with Gasteiger partial charge in [-0.2, -0.15) is 0 Å². The highest BCUT2D eigenvalue weighted by molar-refractivity contribution is 5.95. The molecule has 0 heterocycles. The van der Waals surface area contributed by atoms with Gasteiger partial charge in [0.1, 0.15) is 5.82 Å².